The summed E-state index contributed by atoms with van der Waals surface area (Å²) in [5.74, 6) is 0.317. The van der Waals surface area contributed by atoms with E-state index in [1.54, 1.807) is 0 Å². The normalized spacial score (nSPS) is 15.9. The largest absolute Gasteiger partial charge is 0.310 e. The van der Waals surface area contributed by atoms with Crippen molar-refractivity contribution >= 4 is 11.6 Å². The maximum atomic E-state index is 12.0. The minimum Gasteiger partial charge on any atom is -0.310 e. The standard InChI is InChI=1S/C11H14ClNO/c1-7-5-8(2)13(9-3-4-9)11(14)10(7)6-12/h5,9H,3-4,6H2,1-2H3. The van der Waals surface area contributed by atoms with Crippen LogP contribution in [0.1, 0.15) is 35.7 Å². The highest BCUT2D eigenvalue weighted by atomic mass is 35.5. The summed E-state index contributed by atoms with van der Waals surface area (Å²) in [6, 6.07) is 2.49. The fraction of sp³-hybridized carbons (Fsp3) is 0.545. The summed E-state index contributed by atoms with van der Waals surface area (Å²) in [6.07, 6.45) is 2.26. The maximum Gasteiger partial charge on any atom is 0.255 e. The molecule has 1 aliphatic carbocycles. The van der Waals surface area contributed by atoms with Crippen LogP contribution in [-0.2, 0) is 5.88 Å². The number of nitrogens with zero attached hydrogens (tertiary/aromatic N) is 1. The zero-order valence-corrected chi connectivity index (χ0v) is 9.27. The molecule has 0 spiro atoms. The predicted octanol–water partition coefficient (Wildman–Crippen LogP) is 2.54. The van der Waals surface area contributed by atoms with Crippen LogP contribution < -0.4 is 5.56 Å². The molecule has 3 heteroatoms. The Morgan fingerprint density at radius 1 is 1.50 bits per heavy atom. The molecule has 1 heterocycles. The lowest BCUT2D eigenvalue weighted by Crippen LogP contribution is -2.25. The SMILES string of the molecule is Cc1cc(C)n(C2CC2)c(=O)c1CCl. The van der Waals surface area contributed by atoms with Gasteiger partial charge in [-0.15, -0.1) is 11.6 Å². The fourth-order valence-corrected chi connectivity index (χ4v) is 2.22. The number of hydrogen-bond acceptors (Lipinski definition) is 1. The van der Waals surface area contributed by atoms with Crippen molar-refractivity contribution in [2.24, 2.45) is 0 Å². The third kappa shape index (κ3) is 1.48. The number of aryl methyl sites for hydroxylation is 2. The van der Waals surface area contributed by atoms with E-state index in [1.165, 1.54) is 0 Å². The molecule has 0 saturated heterocycles. The number of alkyl halides is 1. The van der Waals surface area contributed by atoms with E-state index >= 15 is 0 Å². The third-order valence-electron chi connectivity index (χ3n) is 2.80. The molecule has 0 radical (unpaired) electrons. The van der Waals surface area contributed by atoms with Crippen molar-refractivity contribution in [2.75, 3.05) is 0 Å². The Bertz CT molecular complexity index is 418. The molecular weight excluding hydrogens is 198 g/mol. The van der Waals surface area contributed by atoms with Crippen molar-refractivity contribution in [1.82, 2.24) is 4.57 Å². The van der Waals surface area contributed by atoms with Crippen LogP contribution in [0.5, 0.6) is 0 Å². The second-order valence-electron chi connectivity index (χ2n) is 3.99. The number of pyridine rings is 1. The molecule has 0 amide bonds. The summed E-state index contributed by atoms with van der Waals surface area (Å²) in [4.78, 5) is 12.0. The van der Waals surface area contributed by atoms with Gasteiger partial charge in [0.2, 0.25) is 0 Å². The van der Waals surface area contributed by atoms with Crippen molar-refractivity contribution in [3.63, 3.8) is 0 Å². The molecule has 2 rings (SSSR count). The summed E-state index contributed by atoms with van der Waals surface area (Å²) in [5, 5.41) is 0. The van der Waals surface area contributed by atoms with E-state index in [0.717, 1.165) is 29.7 Å². The summed E-state index contributed by atoms with van der Waals surface area (Å²) in [6.45, 7) is 3.94. The lowest BCUT2D eigenvalue weighted by Gasteiger charge is -2.12. The highest BCUT2D eigenvalue weighted by molar-refractivity contribution is 6.17. The van der Waals surface area contributed by atoms with Crippen LogP contribution in [0.3, 0.4) is 0 Å². The van der Waals surface area contributed by atoms with Gasteiger partial charge in [-0.3, -0.25) is 4.79 Å². The second kappa shape index (κ2) is 3.43. The molecule has 1 saturated carbocycles. The summed E-state index contributed by atoms with van der Waals surface area (Å²) in [7, 11) is 0. The van der Waals surface area contributed by atoms with E-state index in [-0.39, 0.29) is 5.56 Å². The summed E-state index contributed by atoms with van der Waals surface area (Å²) >= 11 is 5.77. The van der Waals surface area contributed by atoms with Crippen molar-refractivity contribution in [3.8, 4) is 0 Å². The minimum atomic E-state index is 0.111. The van der Waals surface area contributed by atoms with Gasteiger partial charge in [0.15, 0.2) is 0 Å². The molecule has 0 aromatic carbocycles. The van der Waals surface area contributed by atoms with E-state index in [9.17, 15) is 4.79 Å². The molecule has 2 nitrogen and oxygen atoms in total. The zero-order chi connectivity index (χ0) is 10.3. The molecule has 14 heavy (non-hydrogen) atoms. The van der Waals surface area contributed by atoms with Crippen molar-refractivity contribution < 1.29 is 0 Å². The monoisotopic (exact) mass is 211 g/mol. The molecule has 1 aromatic rings. The molecule has 76 valence electrons. The predicted molar refractivity (Wildman–Crippen MR) is 58.0 cm³/mol. The number of halogens is 1. The lowest BCUT2D eigenvalue weighted by atomic mass is 10.1. The summed E-state index contributed by atoms with van der Waals surface area (Å²) in [5.41, 5.74) is 2.94. The molecule has 1 fully saturated rings. The number of rotatable bonds is 2. The topological polar surface area (TPSA) is 22.0 Å². The highest BCUT2D eigenvalue weighted by Gasteiger charge is 2.26. The van der Waals surface area contributed by atoms with Gasteiger partial charge in [0, 0.05) is 17.3 Å². The molecule has 0 atom stereocenters. The first-order valence-corrected chi connectivity index (χ1v) is 5.46. The Hall–Kier alpha value is -0.760. The van der Waals surface area contributed by atoms with Gasteiger partial charge in [0.05, 0.1) is 5.88 Å². The van der Waals surface area contributed by atoms with Crippen molar-refractivity contribution in [1.29, 1.82) is 0 Å². The average molecular weight is 212 g/mol. The number of hydrogen-bond donors (Lipinski definition) is 0. The third-order valence-corrected chi connectivity index (χ3v) is 3.07. The van der Waals surface area contributed by atoms with Gasteiger partial charge in [0.1, 0.15) is 0 Å². The van der Waals surface area contributed by atoms with Gasteiger partial charge in [-0.2, -0.15) is 0 Å². The first-order chi connectivity index (χ1) is 6.65. The molecule has 0 bridgehead atoms. The molecule has 0 aliphatic heterocycles. The molecule has 1 aromatic heterocycles. The van der Waals surface area contributed by atoms with Gasteiger partial charge in [0.25, 0.3) is 5.56 Å². The lowest BCUT2D eigenvalue weighted by molar-refractivity contribution is 0.673. The summed E-state index contributed by atoms with van der Waals surface area (Å²) < 4.78 is 1.89. The highest BCUT2D eigenvalue weighted by Crippen LogP contribution is 2.34. The molecule has 1 aliphatic rings. The number of aromatic nitrogens is 1. The van der Waals surface area contributed by atoms with Gasteiger partial charge in [-0.05, 0) is 38.3 Å². The van der Waals surface area contributed by atoms with E-state index in [4.69, 9.17) is 11.6 Å². The van der Waals surface area contributed by atoms with E-state index < -0.39 is 0 Å². The maximum absolute atomic E-state index is 12.0. The first-order valence-electron chi connectivity index (χ1n) is 4.92. The smallest absolute Gasteiger partial charge is 0.255 e. The van der Waals surface area contributed by atoms with Crippen LogP contribution in [-0.4, -0.2) is 4.57 Å². The van der Waals surface area contributed by atoms with E-state index in [1.807, 2.05) is 18.4 Å². The van der Waals surface area contributed by atoms with Crippen LogP contribution in [0.4, 0.5) is 0 Å². The average Bonchev–Trinajstić information content (AvgIpc) is 2.88. The van der Waals surface area contributed by atoms with Crippen LogP contribution in [0.25, 0.3) is 0 Å². The Morgan fingerprint density at radius 2 is 2.14 bits per heavy atom. The van der Waals surface area contributed by atoms with Gasteiger partial charge >= 0.3 is 0 Å². The van der Waals surface area contributed by atoms with Crippen molar-refractivity contribution in [2.45, 2.75) is 38.6 Å². The minimum absolute atomic E-state index is 0.111. The van der Waals surface area contributed by atoms with Gasteiger partial charge < -0.3 is 4.57 Å². The van der Waals surface area contributed by atoms with Crippen LogP contribution in [0.15, 0.2) is 10.9 Å². The Morgan fingerprint density at radius 3 is 2.64 bits per heavy atom. The van der Waals surface area contributed by atoms with Crippen LogP contribution >= 0.6 is 11.6 Å². The fourth-order valence-electron chi connectivity index (χ4n) is 1.89. The van der Waals surface area contributed by atoms with Crippen LogP contribution in [0, 0.1) is 13.8 Å². The molecule has 0 N–H and O–H groups in total. The van der Waals surface area contributed by atoms with Crippen LogP contribution in [0.2, 0.25) is 0 Å². The Labute approximate surface area is 88.5 Å². The van der Waals surface area contributed by atoms with E-state index in [2.05, 4.69) is 6.07 Å². The van der Waals surface area contributed by atoms with Gasteiger partial charge in [-0.25, -0.2) is 0 Å². The Kier molecular flexibility index (Phi) is 2.40. The zero-order valence-electron chi connectivity index (χ0n) is 8.51. The van der Waals surface area contributed by atoms with Crippen molar-refractivity contribution in [3.05, 3.63) is 33.2 Å². The molecular formula is C11H14ClNO. The first kappa shape index (κ1) is 9.78. The Balaban J connectivity index is 2.64. The second-order valence-corrected chi connectivity index (χ2v) is 4.25. The molecule has 0 unspecified atom stereocenters. The van der Waals surface area contributed by atoms with E-state index in [0.29, 0.717) is 11.9 Å². The quantitative estimate of drug-likeness (QED) is 0.690. The van der Waals surface area contributed by atoms with Gasteiger partial charge in [-0.1, -0.05) is 0 Å².